The van der Waals surface area contributed by atoms with E-state index in [1.165, 1.54) is 0 Å². The van der Waals surface area contributed by atoms with Crippen LogP contribution in [0.3, 0.4) is 0 Å². The number of para-hydroxylation sites is 2. The smallest absolute Gasteiger partial charge is 0.263 e. The van der Waals surface area contributed by atoms with Crippen LogP contribution in [0.4, 0.5) is 5.82 Å². The van der Waals surface area contributed by atoms with Crippen LogP contribution in [-0.2, 0) is 4.79 Å². The SMILES string of the molecule is CC[C@@H](C)n1nccc1NC(=O)COc1ccccc1OC. The minimum absolute atomic E-state index is 0.0912. The first kappa shape index (κ1) is 15.9. The highest BCUT2D eigenvalue weighted by Crippen LogP contribution is 2.25. The van der Waals surface area contributed by atoms with E-state index in [0.717, 1.165) is 6.42 Å². The van der Waals surface area contributed by atoms with Gasteiger partial charge >= 0.3 is 0 Å². The Hall–Kier alpha value is -2.50. The number of anilines is 1. The highest BCUT2D eigenvalue weighted by molar-refractivity contribution is 5.91. The van der Waals surface area contributed by atoms with Gasteiger partial charge in [-0.25, -0.2) is 4.68 Å². The van der Waals surface area contributed by atoms with Gasteiger partial charge in [0.15, 0.2) is 18.1 Å². The molecule has 0 radical (unpaired) electrons. The molecule has 22 heavy (non-hydrogen) atoms. The predicted molar refractivity (Wildman–Crippen MR) is 84.3 cm³/mol. The van der Waals surface area contributed by atoms with Crippen molar-refractivity contribution in [3.8, 4) is 11.5 Å². The van der Waals surface area contributed by atoms with Crippen LogP contribution in [0.1, 0.15) is 26.3 Å². The molecule has 118 valence electrons. The molecule has 0 saturated carbocycles. The molecule has 0 unspecified atom stereocenters. The van der Waals surface area contributed by atoms with Crippen LogP contribution >= 0.6 is 0 Å². The first-order valence-electron chi connectivity index (χ1n) is 7.24. The molecule has 1 heterocycles. The number of nitrogens with zero attached hydrogens (tertiary/aromatic N) is 2. The molecule has 0 fully saturated rings. The van der Waals surface area contributed by atoms with E-state index in [2.05, 4.69) is 17.3 Å². The van der Waals surface area contributed by atoms with Gasteiger partial charge in [0.1, 0.15) is 5.82 Å². The molecular formula is C16H21N3O3. The summed E-state index contributed by atoms with van der Waals surface area (Å²) in [6.45, 7) is 4.03. The molecule has 6 nitrogen and oxygen atoms in total. The Morgan fingerprint density at radius 2 is 2.05 bits per heavy atom. The van der Waals surface area contributed by atoms with Gasteiger partial charge in [0.05, 0.1) is 19.3 Å². The van der Waals surface area contributed by atoms with E-state index < -0.39 is 0 Å². The molecule has 0 aliphatic heterocycles. The molecular weight excluding hydrogens is 282 g/mol. The second kappa shape index (κ2) is 7.49. The Bertz CT molecular complexity index is 625. The van der Waals surface area contributed by atoms with Crippen molar-refractivity contribution in [1.29, 1.82) is 0 Å². The predicted octanol–water partition coefficient (Wildman–Crippen LogP) is 2.88. The summed E-state index contributed by atoms with van der Waals surface area (Å²) in [5.41, 5.74) is 0. The van der Waals surface area contributed by atoms with Crippen LogP contribution < -0.4 is 14.8 Å². The van der Waals surface area contributed by atoms with Gasteiger partial charge in [-0.15, -0.1) is 0 Å². The molecule has 0 saturated heterocycles. The molecule has 1 atom stereocenters. The second-order valence-corrected chi connectivity index (χ2v) is 4.91. The average Bonchev–Trinajstić information content (AvgIpc) is 3.00. The quantitative estimate of drug-likeness (QED) is 0.854. The van der Waals surface area contributed by atoms with Crippen molar-refractivity contribution in [2.45, 2.75) is 26.3 Å². The Kier molecular flexibility index (Phi) is 5.41. The van der Waals surface area contributed by atoms with E-state index in [1.54, 1.807) is 36.2 Å². The fourth-order valence-corrected chi connectivity index (χ4v) is 2.00. The normalized spacial score (nSPS) is 11.8. The first-order valence-corrected chi connectivity index (χ1v) is 7.24. The lowest BCUT2D eigenvalue weighted by Gasteiger charge is -2.14. The zero-order chi connectivity index (χ0) is 15.9. The lowest BCUT2D eigenvalue weighted by atomic mass is 10.3. The molecule has 2 aromatic rings. The summed E-state index contributed by atoms with van der Waals surface area (Å²) >= 11 is 0. The highest BCUT2D eigenvalue weighted by Gasteiger charge is 2.12. The number of aromatic nitrogens is 2. The largest absolute Gasteiger partial charge is 0.493 e. The Morgan fingerprint density at radius 3 is 2.73 bits per heavy atom. The monoisotopic (exact) mass is 303 g/mol. The number of carbonyl (C=O) groups is 1. The van der Waals surface area contributed by atoms with Gasteiger partial charge in [-0.05, 0) is 25.5 Å². The first-order chi connectivity index (χ1) is 10.7. The Morgan fingerprint density at radius 1 is 1.32 bits per heavy atom. The Labute approximate surface area is 130 Å². The number of benzene rings is 1. The number of rotatable bonds is 7. The average molecular weight is 303 g/mol. The number of nitrogens with one attached hydrogen (secondary N) is 1. The third-order valence-electron chi connectivity index (χ3n) is 3.37. The molecule has 2 rings (SSSR count). The van der Waals surface area contributed by atoms with Crippen molar-refractivity contribution < 1.29 is 14.3 Å². The fourth-order valence-electron chi connectivity index (χ4n) is 2.00. The van der Waals surface area contributed by atoms with Crippen molar-refractivity contribution in [1.82, 2.24) is 9.78 Å². The minimum Gasteiger partial charge on any atom is -0.493 e. The van der Waals surface area contributed by atoms with Gasteiger partial charge in [0, 0.05) is 6.07 Å². The summed E-state index contributed by atoms with van der Waals surface area (Å²) in [7, 11) is 1.56. The Balaban J connectivity index is 1.95. The van der Waals surface area contributed by atoms with Crippen LogP contribution in [0.2, 0.25) is 0 Å². The van der Waals surface area contributed by atoms with Crippen LogP contribution in [0.5, 0.6) is 11.5 Å². The van der Waals surface area contributed by atoms with Gasteiger partial charge < -0.3 is 14.8 Å². The lowest BCUT2D eigenvalue weighted by molar-refractivity contribution is -0.118. The van der Waals surface area contributed by atoms with Gasteiger partial charge in [-0.1, -0.05) is 19.1 Å². The van der Waals surface area contributed by atoms with Crippen LogP contribution in [0, 0.1) is 0 Å². The van der Waals surface area contributed by atoms with Crippen molar-refractivity contribution >= 4 is 11.7 Å². The van der Waals surface area contributed by atoms with Crippen LogP contribution in [0.25, 0.3) is 0 Å². The molecule has 1 aromatic heterocycles. The molecule has 1 N–H and O–H groups in total. The zero-order valence-electron chi connectivity index (χ0n) is 13.1. The number of methoxy groups -OCH3 is 1. The number of amides is 1. The lowest BCUT2D eigenvalue weighted by Crippen LogP contribution is -2.23. The van der Waals surface area contributed by atoms with E-state index >= 15 is 0 Å². The van der Waals surface area contributed by atoms with Crippen molar-refractivity contribution in [2.24, 2.45) is 0 Å². The van der Waals surface area contributed by atoms with Gasteiger partial charge in [0.2, 0.25) is 0 Å². The summed E-state index contributed by atoms with van der Waals surface area (Å²) in [5, 5.41) is 7.04. The van der Waals surface area contributed by atoms with E-state index in [0.29, 0.717) is 17.3 Å². The van der Waals surface area contributed by atoms with E-state index in [4.69, 9.17) is 9.47 Å². The van der Waals surface area contributed by atoms with Gasteiger partial charge in [-0.2, -0.15) is 5.10 Å². The number of hydrogen-bond acceptors (Lipinski definition) is 4. The van der Waals surface area contributed by atoms with E-state index in [1.807, 2.05) is 19.1 Å². The molecule has 0 bridgehead atoms. The maximum absolute atomic E-state index is 12.0. The van der Waals surface area contributed by atoms with Gasteiger partial charge in [0.25, 0.3) is 5.91 Å². The summed E-state index contributed by atoms with van der Waals surface area (Å²) < 4.78 is 12.5. The second-order valence-electron chi connectivity index (χ2n) is 4.91. The maximum atomic E-state index is 12.0. The third-order valence-corrected chi connectivity index (χ3v) is 3.37. The van der Waals surface area contributed by atoms with E-state index in [-0.39, 0.29) is 18.6 Å². The highest BCUT2D eigenvalue weighted by atomic mass is 16.5. The van der Waals surface area contributed by atoms with Gasteiger partial charge in [-0.3, -0.25) is 4.79 Å². The fraction of sp³-hybridized carbons (Fsp3) is 0.375. The standard InChI is InChI=1S/C16H21N3O3/c1-4-12(2)19-15(9-10-17-19)18-16(20)11-22-14-8-6-5-7-13(14)21-3/h5-10,12H,4,11H2,1-3H3,(H,18,20)/t12-/m1/s1. The number of carbonyl (C=O) groups excluding carboxylic acids is 1. The maximum Gasteiger partial charge on any atom is 0.263 e. The van der Waals surface area contributed by atoms with Crippen LogP contribution in [0.15, 0.2) is 36.5 Å². The van der Waals surface area contributed by atoms with E-state index in [9.17, 15) is 4.79 Å². The third kappa shape index (κ3) is 3.78. The summed E-state index contributed by atoms with van der Waals surface area (Å²) in [6.07, 6.45) is 2.60. The molecule has 0 aliphatic carbocycles. The van der Waals surface area contributed by atoms with Crippen molar-refractivity contribution in [3.63, 3.8) is 0 Å². The van der Waals surface area contributed by atoms with Crippen molar-refractivity contribution in [3.05, 3.63) is 36.5 Å². The van der Waals surface area contributed by atoms with Crippen LogP contribution in [-0.4, -0.2) is 29.4 Å². The number of hydrogen-bond donors (Lipinski definition) is 1. The molecule has 0 spiro atoms. The number of ether oxygens (including phenoxy) is 2. The summed E-state index contributed by atoms with van der Waals surface area (Å²) in [4.78, 5) is 12.0. The molecule has 6 heteroatoms. The molecule has 1 amide bonds. The molecule has 0 aliphatic rings. The minimum atomic E-state index is -0.240. The zero-order valence-corrected chi connectivity index (χ0v) is 13.1. The molecule has 1 aromatic carbocycles. The van der Waals surface area contributed by atoms with Crippen molar-refractivity contribution in [2.75, 3.05) is 19.0 Å². The summed E-state index contributed by atoms with van der Waals surface area (Å²) in [6, 6.07) is 9.21. The summed E-state index contributed by atoms with van der Waals surface area (Å²) in [5.74, 6) is 1.56. The topological polar surface area (TPSA) is 65.4 Å².